The minimum atomic E-state index is 0. The van der Waals surface area contributed by atoms with Crippen LogP contribution in [0.4, 0.5) is 0 Å². The first kappa shape index (κ1) is 14.3. The maximum absolute atomic E-state index is 3.78. The lowest BCUT2D eigenvalue weighted by molar-refractivity contribution is 0.0246. The molecule has 1 unspecified atom stereocenters. The average molecular weight is 256 g/mol. The molecule has 0 aromatic carbocycles. The molecule has 0 aromatic rings. The third-order valence-corrected chi connectivity index (χ3v) is 5.11. The lowest BCUT2D eigenvalue weighted by Gasteiger charge is -2.52. The summed E-state index contributed by atoms with van der Waals surface area (Å²) in [6.45, 7) is 9.11. The highest BCUT2D eigenvalue weighted by Gasteiger charge is 2.45. The molecule has 2 heteroatoms. The van der Waals surface area contributed by atoms with Crippen LogP contribution in [0.1, 0.15) is 75.5 Å². The van der Waals surface area contributed by atoms with Crippen LogP contribution in [0.15, 0.2) is 0 Å². The summed E-state index contributed by atoms with van der Waals surface area (Å²) in [4.78, 5) is 0. The summed E-state index contributed by atoms with van der Waals surface area (Å²) >= 11 is 0. The Morgan fingerprint density at radius 3 is 2.17 bits per heavy atom. The molecule has 0 aliphatic heterocycles. The van der Waals surface area contributed by atoms with Crippen LogP contribution >= 0.6 is 0 Å². The molecule has 2 aliphatic carbocycles. The highest BCUT2D eigenvalue weighted by molar-refractivity contribution is 5.01. The van der Waals surface area contributed by atoms with Crippen molar-refractivity contribution < 1.29 is 2.85 Å². The van der Waals surface area contributed by atoms with Gasteiger partial charge in [-0.25, -0.2) is 0 Å². The van der Waals surface area contributed by atoms with Crippen LogP contribution in [0.5, 0.6) is 0 Å². The van der Waals surface area contributed by atoms with Gasteiger partial charge in [-0.15, -0.1) is 0 Å². The predicted octanol–water partition coefficient (Wildman–Crippen LogP) is 3.96. The van der Waals surface area contributed by atoms with Crippen molar-refractivity contribution in [3.8, 4) is 0 Å². The van der Waals surface area contributed by atoms with Gasteiger partial charge >= 0.3 is 0 Å². The topological polar surface area (TPSA) is 24.1 Å². The van der Waals surface area contributed by atoms with E-state index in [1.165, 1.54) is 44.9 Å². The van der Waals surface area contributed by atoms with Gasteiger partial charge in [-0.1, -0.05) is 20.8 Å². The first-order valence-electron chi connectivity index (χ1n) is 8.05. The highest BCUT2D eigenvalue weighted by atomic mass is 15.0. The van der Waals surface area contributed by atoms with E-state index in [1.807, 2.05) is 0 Å². The Balaban J connectivity index is 0.00000180. The van der Waals surface area contributed by atoms with Crippen LogP contribution in [0.25, 0.3) is 0 Å². The SMILES string of the molecule is CCC(C)NC1CCC2(CC1)CC(NC(C)C)C2.[HH].[HH]. The molecule has 1 spiro atoms. The third kappa shape index (κ3) is 3.48. The van der Waals surface area contributed by atoms with Gasteiger partial charge in [-0.2, -0.15) is 0 Å². The summed E-state index contributed by atoms with van der Waals surface area (Å²) in [5, 5.41) is 7.47. The Labute approximate surface area is 116 Å². The first-order valence-corrected chi connectivity index (χ1v) is 8.05. The normalized spacial score (nSPS) is 37.8. The van der Waals surface area contributed by atoms with E-state index in [9.17, 15) is 0 Å². The maximum Gasteiger partial charge on any atom is 0.00800 e. The molecular formula is C16H36N2. The van der Waals surface area contributed by atoms with E-state index < -0.39 is 0 Å². The monoisotopic (exact) mass is 256 g/mol. The number of hydrogen-bond donors (Lipinski definition) is 2. The molecule has 1 atom stereocenters. The van der Waals surface area contributed by atoms with Crippen LogP contribution < -0.4 is 10.6 Å². The van der Waals surface area contributed by atoms with Gasteiger partial charge in [0.1, 0.15) is 0 Å². The Hall–Kier alpha value is -0.0800. The zero-order valence-corrected chi connectivity index (χ0v) is 12.8. The van der Waals surface area contributed by atoms with Crippen molar-refractivity contribution in [2.75, 3.05) is 0 Å². The molecule has 2 aliphatic rings. The van der Waals surface area contributed by atoms with E-state index in [0.717, 1.165) is 17.5 Å². The number of rotatable bonds is 5. The van der Waals surface area contributed by atoms with Crippen LogP contribution in [-0.2, 0) is 0 Å². The molecule has 2 nitrogen and oxygen atoms in total. The molecule has 2 saturated carbocycles. The maximum atomic E-state index is 3.78. The van der Waals surface area contributed by atoms with E-state index in [4.69, 9.17) is 0 Å². The summed E-state index contributed by atoms with van der Waals surface area (Å²) in [5.41, 5.74) is 0.722. The summed E-state index contributed by atoms with van der Waals surface area (Å²) < 4.78 is 0. The van der Waals surface area contributed by atoms with Crippen molar-refractivity contribution in [2.24, 2.45) is 5.41 Å². The molecular weight excluding hydrogens is 220 g/mol. The first-order chi connectivity index (χ1) is 8.53. The van der Waals surface area contributed by atoms with Crippen molar-refractivity contribution in [1.82, 2.24) is 10.6 Å². The third-order valence-electron chi connectivity index (χ3n) is 5.11. The fourth-order valence-corrected chi connectivity index (χ4v) is 3.90. The molecule has 0 bridgehead atoms. The number of hydrogen-bond acceptors (Lipinski definition) is 2. The second kappa shape index (κ2) is 5.92. The molecule has 0 radical (unpaired) electrons. The average Bonchev–Trinajstić information content (AvgIpc) is 2.29. The van der Waals surface area contributed by atoms with E-state index in [0.29, 0.717) is 12.1 Å². The predicted molar refractivity (Wildman–Crippen MR) is 83.1 cm³/mol. The molecule has 110 valence electrons. The van der Waals surface area contributed by atoms with Crippen LogP contribution in [0, 0.1) is 5.41 Å². The second-order valence-corrected chi connectivity index (χ2v) is 7.18. The lowest BCUT2D eigenvalue weighted by Crippen LogP contribution is -2.53. The van der Waals surface area contributed by atoms with Crippen molar-refractivity contribution >= 4 is 0 Å². The van der Waals surface area contributed by atoms with Crippen LogP contribution in [0.2, 0.25) is 0 Å². The standard InChI is InChI=1S/C16H32N2.2H2/c1-5-13(4)18-14-6-8-16(9-7-14)10-15(11-16)17-12(2)3;;/h12-15,17-18H,5-11H2,1-4H3;2*1H. The van der Waals surface area contributed by atoms with E-state index in [2.05, 4.69) is 38.3 Å². The minimum absolute atomic E-state index is 0. The molecule has 0 aromatic heterocycles. The van der Waals surface area contributed by atoms with E-state index in [1.54, 1.807) is 0 Å². The summed E-state index contributed by atoms with van der Waals surface area (Å²) in [6, 6.07) is 2.95. The largest absolute Gasteiger partial charge is 0.312 e. The van der Waals surface area contributed by atoms with Gasteiger partial charge in [0.05, 0.1) is 0 Å². The van der Waals surface area contributed by atoms with Gasteiger partial charge in [-0.3, -0.25) is 0 Å². The van der Waals surface area contributed by atoms with Crippen molar-refractivity contribution in [2.45, 2.75) is 96.8 Å². The molecule has 18 heavy (non-hydrogen) atoms. The van der Waals surface area contributed by atoms with Crippen molar-refractivity contribution in [1.29, 1.82) is 0 Å². The summed E-state index contributed by atoms with van der Waals surface area (Å²) in [5.74, 6) is 0. The molecule has 2 N–H and O–H groups in total. The second-order valence-electron chi connectivity index (χ2n) is 7.18. The molecule has 0 saturated heterocycles. The van der Waals surface area contributed by atoms with Gasteiger partial charge in [0.2, 0.25) is 0 Å². The Bertz CT molecular complexity index is 255. The fraction of sp³-hybridized carbons (Fsp3) is 1.00. The zero-order valence-electron chi connectivity index (χ0n) is 12.8. The molecule has 0 amide bonds. The molecule has 2 rings (SSSR count). The molecule has 2 fully saturated rings. The lowest BCUT2D eigenvalue weighted by atomic mass is 9.57. The summed E-state index contributed by atoms with van der Waals surface area (Å²) in [6.07, 6.45) is 9.83. The zero-order chi connectivity index (χ0) is 13.2. The highest BCUT2D eigenvalue weighted by Crippen LogP contribution is 2.51. The van der Waals surface area contributed by atoms with Crippen molar-refractivity contribution in [3.63, 3.8) is 0 Å². The Morgan fingerprint density at radius 1 is 1.06 bits per heavy atom. The van der Waals surface area contributed by atoms with Gasteiger partial charge in [-0.05, 0) is 57.3 Å². The summed E-state index contributed by atoms with van der Waals surface area (Å²) in [7, 11) is 0. The van der Waals surface area contributed by atoms with Gasteiger partial charge in [0.15, 0.2) is 0 Å². The Kier molecular flexibility index (Phi) is 4.71. The van der Waals surface area contributed by atoms with Gasteiger partial charge in [0.25, 0.3) is 0 Å². The van der Waals surface area contributed by atoms with E-state index >= 15 is 0 Å². The smallest absolute Gasteiger partial charge is 0.00800 e. The van der Waals surface area contributed by atoms with Crippen LogP contribution in [0.3, 0.4) is 0 Å². The van der Waals surface area contributed by atoms with Gasteiger partial charge in [0, 0.05) is 27.0 Å². The van der Waals surface area contributed by atoms with Gasteiger partial charge < -0.3 is 10.6 Å². The molecule has 0 heterocycles. The quantitative estimate of drug-likeness (QED) is 0.778. The Morgan fingerprint density at radius 2 is 1.67 bits per heavy atom. The van der Waals surface area contributed by atoms with E-state index in [-0.39, 0.29) is 2.85 Å². The van der Waals surface area contributed by atoms with Crippen LogP contribution in [-0.4, -0.2) is 24.2 Å². The fourth-order valence-electron chi connectivity index (χ4n) is 3.90. The van der Waals surface area contributed by atoms with Crippen molar-refractivity contribution in [3.05, 3.63) is 0 Å². The minimum Gasteiger partial charge on any atom is -0.312 e. The number of nitrogens with one attached hydrogen (secondary N) is 2.